The third-order valence-electron chi connectivity index (χ3n) is 18.6. The number of rotatable bonds is 9. The maximum Gasteiger partial charge on any atom is 0.0468 e. The lowest BCUT2D eigenvalue weighted by molar-refractivity contribution is 0.660. The van der Waals surface area contributed by atoms with E-state index in [1.54, 1.807) is 0 Å². The zero-order chi connectivity index (χ0) is 56.3. The second kappa shape index (κ2) is 19.2. The van der Waals surface area contributed by atoms with Crippen LogP contribution in [-0.2, 0) is 10.8 Å². The molecule has 0 spiro atoms. The van der Waals surface area contributed by atoms with E-state index in [1.165, 1.54) is 121 Å². The Labute approximate surface area is 491 Å². The SMILES string of the molecule is CC1(C)c2ccccc2-c2ccc(N(c3ccccc3)c3ccc4c(-c5cccc6ccccc56)c5cc(N(c6ccccc6)c6ccc7c(c6)C(C)(C)c6cc(-c8ccc9ccccc9c8)ccc6-7)ccc5c(-c5ccccc5)c4c3)cc21. The predicted molar refractivity (Wildman–Crippen MR) is 357 cm³/mol. The van der Waals surface area contributed by atoms with Crippen molar-refractivity contribution in [2.24, 2.45) is 0 Å². The second-order valence-corrected chi connectivity index (χ2v) is 24.0. The highest BCUT2D eigenvalue weighted by Gasteiger charge is 2.38. The summed E-state index contributed by atoms with van der Waals surface area (Å²) in [4.78, 5) is 4.92. The molecule has 0 amide bonds. The van der Waals surface area contributed by atoms with Gasteiger partial charge in [-0.1, -0.05) is 234 Å². The summed E-state index contributed by atoms with van der Waals surface area (Å²) in [6, 6.07) is 109. The monoisotopic (exact) mass is 1070 g/mol. The molecule has 0 fully saturated rings. The van der Waals surface area contributed by atoms with Crippen molar-refractivity contribution in [2.45, 2.75) is 38.5 Å². The van der Waals surface area contributed by atoms with Crippen molar-refractivity contribution in [1.82, 2.24) is 0 Å². The van der Waals surface area contributed by atoms with Gasteiger partial charge >= 0.3 is 0 Å². The van der Waals surface area contributed by atoms with Crippen LogP contribution in [0.1, 0.15) is 49.9 Å². The van der Waals surface area contributed by atoms with Crippen LogP contribution in [-0.4, -0.2) is 0 Å². The maximum absolute atomic E-state index is 2.47. The highest BCUT2D eigenvalue weighted by molar-refractivity contribution is 6.24. The van der Waals surface area contributed by atoms with E-state index in [1.807, 2.05) is 0 Å². The topological polar surface area (TPSA) is 6.48 Å². The largest absolute Gasteiger partial charge is 0.310 e. The molecule has 14 aromatic carbocycles. The standard InChI is InChI=1S/C82H60N2/c1-81(2)75-34-19-18-32-66(75)68-43-38-63(51-77(68)81)83(59-27-10-6-11-28-59)61-41-46-72-73(49-61)79(55-23-8-5-9-24-55)71-45-40-62(50-74(71)80(72)70-33-20-26-54-22-16-17-31-65(54)70)84(60-29-12-7-13-30-60)64-39-44-69-67-42-37-58(48-76(67)82(3,4)78(69)52-64)57-36-35-53-21-14-15-25-56(53)47-57/h5-52H,1-4H3. The molecule has 0 heterocycles. The average molecular weight is 1070 g/mol. The zero-order valence-corrected chi connectivity index (χ0v) is 47.6. The number of fused-ring (bicyclic) bond motifs is 10. The molecule has 2 aliphatic rings. The first-order valence-corrected chi connectivity index (χ1v) is 29.5. The predicted octanol–water partition coefficient (Wildman–Crippen LogP) is 22.9. The van der Waals surface area contributed by atoms with Gasteiger partial charge < -0.3 is 9.80 Å². The van der Waals surface area contributed by atoms with Crippen LogP contribution in [0.15, 0.2) is 291 Å². The molecule has 0 aliphatic heterocycles. The van der Waals surface area contributed by atoms with E-state index in [9.17, 15) is 0 Å². The number of anilines is 6. The van der Waals surface area contributed by atoms with Crippen molar-refractivity contribution in [2.75, 3.05) is 9.80 Å². The molecule has 0 bridgehead atoms. The van der Waals surface area contributed by atoms with E-state index in [-0.39, 0.29) is 10.8 Å². The first-order valence-electron chi connectivity index (χ1n) is 29.5. The molecule has 398 valence electrons. The summed E-state index contributed by atoms with van der Waals surface area (Å²) < 4.78 is 0. The minimum atomic E-state index is -0.248. The molecule has 2 heteroatoms. The van der Waals surface area contributed by atoms with Gasteiger partial charge in [0.15, 0.2) is 0 Å². The third-order valence-corrected chi connectivity index (χ3v) is 18.6. The molecule has 2 aliphatic carbocycles. The number of nitrogens with zero attached hydrogens (tertiary/aromatic N) is 2. The Morgan fingerprint density at radius 2 is 0.643 bits per heavy atom. The van der Waals surface area contributed by atoms with Gasteiger partial charge in [-0.3, -0.25) is 0 Å². The molecule has 0 unspecified atom stereocenters. The van der Waals surface area contributed by atoms with E-state index in [0.717, 1.165) is 34.1 Å². The van der Waals surface area contributed by atoms with Gasteiger partial charge in [0.05, 0.1) is 0 Å². The third kappa shape index (κ3) is 7.78. The Balaban J connectivity index is 0.905. The van der Waals surface area contributed by atoms with Gasteiger partial charge in [-0.2, -0.15) is 0 Å². The summed E-state index contributed by atoms with van der Waals surface area (Å²) in [5.41, 5.74) is 24.2. The van der Waals surface area contributed by atoms with Crippen LogP contribution in [0.3, 0.4) is 0 Å². The fourth-order valence-electron chi connectivity index (χ4n) is 14.4. The first kappa shape index (κ1) is 49.5. The first-order chi connectivity index (χ1) is 41.2. The summed E-state index contributed by atoms with van der Waals surface area (Å²) in [5.74, 6) is 0. The summed E-state index contributed by atoms with van der Waals surface area (Å²) in [5, 5.41) is 9.74. The summed E-state index contributed by atoms with van der Waals surface area (Å²) in [6.07, 6.45) is 0. The molecule has 0 N–H and O–H groups in total. The highest BCUT2D eigenvalue weighted by atomic mass is 15.1. The van der Waals surface area contributed by atoms with Crippen LogP contribution in [0.2, 0.25) is 0 Å². The zero-order valence-electron chi connectivity index (χ0n) is 47.6. The molecular weight excluding hydrogens is 1010 g/mol. The molecule has 0 atom stereocenters. The smallest absolute Gasteiger partial charge is 0.0468 e. The van der Waals surface area contributed by atoms with Crippen LogP contribution in [0.5, 0.6) is 0 Å². The Hall–Kier alpha value is -10.3. The minimum absolute atomic E-state index is 0.151. The van der Waals surface area contributed by atoms with E-state index < -0.39 is 0 Å². The van der Waals surface area contributed by atoms with Crippen LogP contribution in [0.4, 0.5) is 34.1 Å². The number of para-hydroxylation sites is 2. The molecule has 0 saturated carbocycles. The summed E-state index contributed by atoms with van der Waals surface area (Å²) in [7, 11) is 0. The van der Waals surface area contributed by atoms with Gasteiger partial charge in [0.25, 0.3) is 0 Å². The molecule has 0 saturated heterocycles. The van der Waals surface area contributed by atoms with Gasteiger partial charge in [0.2, 0.25) is 0 Å². The summed E-state index contributed by atoms with van der Waals surface area (Å²) >= 11 is 0. The van der Waals surface area contributed by atoms with E-state index in [2.05, 4.69) is 329 Å². The molecule has 16 rings (SSSR count). The average Bonchev–Trinajstić information content (AvgIpc) is 1.36. The van der Waals surface area contributed by atoms with Crippen LogP contribution in [0.25, 0.3) is 98.7 Å². The van der Waals surface area contributed by atoms with Gasteiger partial charge in [-0.05, 0) is 206 Å². The number of benzene rings is 14. The van der Waals surface area contributed by atoms with Gasteiger partial charge in [0.1, 0.15) is 0 Å². The Kier molecular flexibility index (Phi) is 11.3. The number of hydrogen-bond donors (Lipinski definition) is 0. The lowest BCUT2D eigenvalue weighted by Gasteiger charge is -2.30. The highest BCUT2D eigenvalue weighted by Crippen LogP contribution is 2.55. The maximum atomic E-state index is 2.47. The minimum Gasteiger partial charge on any atom is -0.310 e. The number of hydrogen-bond acceptors (Lipinski definition) is 2. The fourth-order valence-corrected chi connectivity index (χ4v) is 14.4. The van der Waals surface area contributed by atoms with E-state index >= 15 is 0 Å². The van der Waals surface area contributed by atoms with Crippen molar-refractivity contribution in [1.29, 1.82) is 0 Å². The molecule has 2 nitrogen and oxygen atoms in total. The molecule has 0 aromatic heterocycles. The molecule has 0 radical (unpaired) electrons. The van der Waals surface area contributed by atoms with E-state index in [0.29, 0.717) is 0 Å². The van der Waals surface area contributed by atoms with Gasteiger partial charge in [-0.25, -0.2) is 0 Å². The van der Waals surface area contributed by atoms with Crippen molar-refractivity contribution >= 4 is 77.2 Å². The van der Waals surface area contributed by atoms with Gasteiger partial charge in [0, 0.05) is 45.0 Å². The lowest BCUT2D eigenvalue weighted by Crippen LogP contribution is -2.16. The van der Waals surface area contributed by atoms with Crippen molar-refractivity contribution in [3.63, 3.8) is 0 Å². The van der Waals surface area contributed by atoms with Crippen molar-refractivity contribution in [3.8, 4) is 55.6 Å². The van der Waals surface area contributed by atoms with Crippen LogP contribution in [0, 0.1) is 0 Å². The second-order valence-electron chi connectivity index (χ2n) is 24.0. The Morgan fingerprint density at radius 1 is 0.214 bits per heavy atom. The lowest BCUT2D eigenvalue weighted by atomic mass is 9.81. The Morgan fingerprint density at radius 3 is 1.30 bits per heavy atom. The summed E-state index contributed by atoms with van der Waals surface area (Å²) in [6.45, 7) is 9.54. The molecule has 84 heavy (non-hydrogen) atoms. The van der Waals surface area contributed by atoms with Crippen molar-refractivity contribution in [3.05, 3.63) is 313 Å². The van der Waals surface area contributed by atoms with Crippen molar-refractivity contribution < 1.29 is 0 Å². The molecular formula is C82H60N2. The van der Waals surface area contributed by atoms with Crippen LogP contribution >= 0.6 is 0 Å². The normalized spacial score (nSPS) is 13.4. The van der Waals surface area contributed by atoms with Gasteiger partial charge in [-0.15, -0.1) is 0 Å². The fraction of sp³-hybridized carbons (Fsp3) is 0.0732. The van der Waals surface area contributed by atoms with E-state index in [4.69, 9.17) is 0 Å². The quantitative estimate of drug-likeness (QED) is 0.133. The van der Waals surface area contributed by atoms with Crippen LogP contribution < -0.4 is 9.80 Å². The Bertz CT molecular complexity index is 4950. The molecule has 14 aromatic rings.